The lowest BCUT2D eigenvalue weighted by Gasteiger charge is -2.34. The first-order valence-electron chi connectivity index (χ1n) is 14.8. The Kier molecular flexibility index (Phi) is 9.34. The van der Waals surface area contributed by atoms with E-state index in [-0.39, 0.29) is 17.7 Å². The summed E-state index contributed by atoms with van der Waals surface area (Å²) in [7, 11) is 2.13. The van der Waals surface area contributed by atoms with Gasteiger partial charge >= 0.3 is 0 Å². The minimum absolute atomic E-state index is 0.00265. The number of carbonyl (C=O) groups is 1. The molecule has 3 aromatic carbocycles. The third-order valence-electron chi connectivity index (χ3n) is 8.71. The van der Waals surface area contributed by atoms with Gasteiger partial charge in [-0.15, -0.1) is 0 Å². The fraction of sp³-hybridized carbons (Fsp3) is 0.412. The van der Waals surface area contributed by atoms with Crippen LogP contribution >= 0.6 is 0 Å². The smallest absolute Gasteiger partial charge is 0.257 e. The van der Waals surface area contributed by atoms with Gasteiger partial charge in [0.15, 0.2) is 0 Å². The number of piperazine rings is 1. The van der Waals surface area contributed by atoms with Crippen molar-refractivity contribution in [3.8, 4) is 0 Å². The molecule has 1 amide bonds. The first kappa shape index (κ1) is 29.9. The van der Waals surface area contributed by atoms with Gasteiger partial charge in [0.05, 0.1) is 0 Å². The van der Waals surface area contributed by atoms with Crippen LogP contribution in [0.25, 0.3) is 0 Å². The van der Waals surface area contributed by atoms with Crippen molar-refractivity contribution in [2.75, 3.05) is 51.3 Å². The van der Waals surface area contributed by atoms with Crippen molar-refractivity contribution in [1.82, 2.24) is 10.2 Å². The quantitative estimate of drug-likeness (QED) is 0.272. The van der Waals surface area contributed by atoms with E-state index in [4.69, 9.17) is 10.1 Å². The second-order valence-electron chi connectivity index (χ2n) is 11.7. The molecule has 6 nitrogen and oxygen atoms in total. The van der Waals surface area contributed by atoms with Crippen LogP contribution in [0.5, 0.6) is 0 Å². The van der Waals surface area contributed by atoms with E-state index < -0.39 is 11.6 Å². The summed E-state index contributed by atoms with van der Waals surface area (Å²) >= 11 is 0. The Morgan fingerprint density at radius 2 is 1.64 bits per heavy atom. The van der Waals surface area contributed by atoms with Crippen molar-refractivity contribution in [3.05, 3.63) is 99.6 Å². The summed E-state index contributed by atoms with van der Waals surface area (Å²) in [5.74, 6) is -1.42. The lowest BCUT2D eigenvalue weighted by molar-refractivity contribution is 0.0664. The number of likely N-dealkylation sites (N-methyl/N-ethyl adjacent to an activating group) is 1. The summed E-state index contributed by atoms with van der Waals surface area (Å²) in [6, 6.07) is 15.2. The second kappa shape index (κ2) is 13.1. The minimum Gasteiger partial charge on any atom is -0.381 e. The van der Waals surface area contributed by atoms with Crippen molar-refractivity contribution in [3.63, 3.8) is 0 Å². The van der Waals surface area contributed by atoms with Gasteiger partial charge in [-0.1, -0.05) is 19.1 Å². The Bertz CT molecular complexity index is 1430. The number of carbonyl (C=O) groups excluding carboxylic acids is 1. The zero-order valence-corrected chi connectivity index (χ0v) is 24.7. The van der Waals surface area contributed by atoms with Crippen LogP contribution in [0.15, 0.2) is 54.6 Å². The predicted octanol–water partition coefficient (Wildman–Crippen LogP) is 5.90. The minimum atomic E-state index is -0.626. The predicted molar refractivity (Wildman–Crippen MR) is 163 cm³/mol. The highest BCUT2D eigenvalue weighted by molar-refractivity contribution is 6.12. The largest absolute Gasteiger partial charge is 0.381 e. The molecule has 2 heterocycles. The number of amidine groups is 1. The van der Waals surface area contributed by atoms with Gasteiger partial charge in [-0.3, -0.25) is 10.2 Å². The number of hydrogen-bond acceptors (Lipinski definition) is 5. The number of aryl methyl sites for hydroxylation is 1. The van der Waals surface area contributed by atoms with Gasteiger partial charge in [-0.2, -0.15) is 0 Å². The van der Waals surface area contributed by atoms with E-state index in [9.17, 15) is 13.6 Å². The van der Waals surface area contributed by atoms with Gasteiger partial charge in [0.2, 0.25) is 0 Å². The van der Waals surface area contributed by atoms with E-state index in [1.54, 1.807) is 0 Å². The molecule has 0 saturated carbocycles. The number of amides is 1. The Labute approximate surface area is 247 Å². The molecule has 1 atom stereocenters. The van der Waals surface area contributed by atoms with E-state index in [1.165, 1.54) is 12.1 Å². The lowest BCUT2D eigenvalue weighted by atomic mass is 9.89. The molecule has 3 aromatic rings. The van der Waals surface area contributed by atoms with E-state index in [2.05, 4.69) is 28.2 Å². The molecule has 42 heavy (non-hydrogen) atoms. The average molecular weight is 575 g/mol. The summed E-state index contributed by atoms with van der Waals surface area (Å²) in [4.78, 5) is 18.4. The molecule has 2 aliphatic rings. The number of halogens is 2. The van der Waals surface area contributed by atoms with Gasteiger partial charge < -0.3 is 19.9 Å². The highest BCUT2D eigenvalue weighted by Crippen LogP contribution is 2.29. The van der Waals surface area contributed by atoms with Crippen LogP contribution in [-0.2, 0) is 11.2 Å². The molecule has 0 radical (unpaired) electrons. The maximum absolute atomic E-state index is 13.9. The molecule has 0 aromatic heterocycles. The topological polar surface area (TPSA) is 68.7 Å². The van der Waals surface area contributed by atoms with Crippen molar-refractivity contribution in [2.45, 2.75) is 39.0 Å². The fourth-order valence-electron chi connectivity index (χ4n) is 5.94. The second-order valence-corrected chi connectivity index (χ2v) is 11.7. The third-order valence-corrected chi connectivity index (χ3v) is 8.71. The van der Waals surface area contributed by atoms with E-state index in [0.717, 1.165) is 87.1 Å². The molecule has 0 spiro atoms. The molecule has 2 N–H and O–H groups in total. The molecule has 222 valence electrons. The van der Waals surface area contributed by atoms with Gasteiger partial charge in [0.25, 0.3) is 5.91 Å². The first-order valence-corrected chi connectivity index (χ1v) is 14.8. The van der Waals surface area contributed by atoms with Crippen LogP contribution in [-0.4, -0.2) is 63.1 Å². The van der Waals surface area contributed by atoms with Crippen LogP contribution in [0.3, 0.4) is 0 Å². The van der Waals surface area contributed by atoms with Gasteiger partial charge in [-0.05, 0) is 97.8 Å². The highest BCUT2D eigenvalue weighted by Gasteiger charge is 2.23. The summed E-state index contributed by atoms with van der Waals surface area (Å²) in [6.07, 6.45) is 2.72. The molecule has 0 bridgehead atoms. The van der Waals surface area contributed by atoms with Crippen LogP contribution in [0, 0.1) is 29.9 Å². The SMILES string of the molecule is Cc1ccc(C(C)c2cc(F)cc(F)c2)cc1C(=N)NC(=O)c1ccc(N2CCN(C)CC2)cc1CC1CCOCC1. The Balaban J connectivity index is 1.37. The van der Waals surface area contributed by atoms with Crippen LogP contribution in [0.2, 0.25) is 0 Å². The van der Waals surface area contributed by atoms with Crippen molar-refractivity contribution >= 4 is 17.4 Å². The van der Waals surface area contributed by atoms with E-state index >= 15 is 0 Å². The third kappa shape index (κ3) is 7.05. The molecular weight excluding hydrogens is 534 g/mol. The van der Waals surface area contributed by atoms with E-state index in [1.807, 2.05) is 44.2 Å². The molecule has 0 aliphatic carbocycles. The maximum atomic E-state index is 13.9. The number of hydrogen-bond donors (Lipinski definition) is 2. The highest BCUT2D eigenvalue weighted by atomic mass is 19.1. The first-order chi connectivity index (χ1) is 20.2. The molecule has 2 fully saturated rings. The van der Waals surface area contributed by atoms with Gasteiger partial charge in [-0.25, -0.2) is 8.78 Å². The number of nitrogens with zero attached hydrogens (tertiary/aromatic N) is 2. The molecule has 5 rings (SSSR count). The Morgan fingerprint density at radius 3 is 2.33 bits per heavy atom. The lowest BCUT2D eigenvalue weighted by Crippen LogP contribution is -2.44. The number of nitrogens with one attached hydrogen (secondary N) is 2. The summed E-state index contributed by atoms with van der Waals surface area (Å²) in [5.41, 5.74) is 5.42. The van der Waals surface area contributed by atoms with Crippen molar-refractivity contribution in [2.24, 2.45) is 5.92 Å². The van der Waals surface area contributed by atoms with Gasteiger partial charge in [0.1, 0.15) is 17.5 Å². The van der Waals surface area contributed by atoms with Crippen LogP contribution in [0.4, 0.5) is 14.5 Å². The van der Waals surface area contributed by atoms with Crippen molar-refractivity contribution in [1.29, 1.82) is 5.41 Å². The summed E-state index contributed by atoms with van der Waals surface area (Å²) in [5, 5.41) is 11.7. The monoisotopic (exact) mass is 574 g/mol. The number of rotatable bonds is 7. The molecule has 2 saturated heterocycles. The maximum Gasteiger partial charge on any atom is 0.257 e. The number of benzene rings is 3. The normalized spacial score (nSPS) is 17.2. The van der Waals surface area contributed by atoms with Crippen molar-refractivity contribution < 1.29 is 18.3 Å². The summed E-state index contributed by atoms with van der Waals surface area (Å²) < 4.78 is 33.3. The zero-order valence-electron chi connectivity index (χ0n) is 24.7. The van der Waals surface area contributed by atoms with Crippen LogP contribution in [0.1, 0.15) is 63.9 Å². The zero-order chi connectivity index (χ0) is 29.8. The van der Waals surface area contributed by atoms with Crippen LogP contribution < -0.4 is 10.2 Å². The molecule has 1 unspecified atom stereocenters. The van der Waals surface area contributed by atoms with Gasteiger partial charge in [0, 0.05) is 68.2 Å². The average Bonchev–Trinajstić information content (AvgIpc) is 2.97. The Morgan fingerprint density at radius 1 is 0.952 bits per heavy atom. The number of anilines is 1. The Hall–Kier alpha value is -3.62. The molecular formula is C34H40F2N4O2. The standard InChI is InChI=1S/C34H40F2N4O2/c1-22-4-5-25(23(2)26-17-28(35)21-29(36)18-26)20-32(22)33(37)38-34(41)31-7-6-30(40-12-10-39(3)11-13-40)19-27(31)16-24-8-14-42-15-9-24/h4-7,17-21,23-24H,8-16H2,1-3H3,(H2,37,38,41). The van der Waals surface area contributed by atoms with E-state index in [0.29, 0.717) is 22.6 Å². The fourth-order valence-corrected chi connectivity index (χ4v) is 5.94. The molecule has 2 aliphatic heterocycles. The molecule has 8 heteroatoms. The number of ether oxygens (including phenoxy) is 1. The summed E-state index contributed by atoms with van der Waals surface area (Å²) in [6.45, 7) is 9.12.